The van der Waals surface area contributed by atoms with Crippen LogP contribution in [0.15, 0.2) is 0 Å². The van der Waals surface area contributed by atoms with Gasteiger partial charge in [-0.1, -0.05) is 19.3 Å². The van der Waals surface area contributed by atoms with Crippen molar-refractivity contribution in [3.63, 3.8) is 0 Å². The van der Waals surface area contributed by atoms with Gasteiger partial charge in [0.1, 0.15) is 0 Å². The molecule has 1 rings (SSSR count). The van der Waals surface area contributed by atoms with Gasteiger partial charge in [-0.2, -0.15) is 0 Å². The van der Waals surface area contributed by atoms with E-state index in [4.69, 9.17) is 0 Å². The molecule has 0 bridgehead atoms. The van der Waals surface area contributed by atoms with Crippen molar-refractivity contribution >= 4 is 11.8 Å². The number of hydrogen-bond donors (Lipinski definition) is 3. The van der Waals surface area contributed by atoms with E-state index >= 15 is 0 Å². The van der Waals surface area contributed by atoms with Crippen LogP contribution in [0, 0.1) is 0 Å². The third kappa shape index (κ3) is 6.57. The van der Waals surface area contributed by atoms with E-state index < -0.39 is 0 Å². The molecular formula is C14H27N3O2. The summed E-state index contributed by atoms with van der Waals surface area (Å²) in [5.41, 5.74) is 0. The van der Waals surface area contributed by atoms with E-state index in [0.29, 0.717) is 25.6 Å². The molecule has 1 saturated carbocycles. The second-order valence-electron chi connectivity index (χ2n) is 5.22. The summed E-state index contributed by atoms with van der Waals surface area (Å²) in [6.07, 6.45) is 6.31. The predicted octanol–water partition coefficient (Wildman–Crippen LogP) is 0.940. The molecule has 19 heavy (non-hydrogen) atoms. The summed E-state index contributed by atoms with van der Waals surface area (Å²) in [6.45, 7) is 4.92. The summed E-state index contributed by atoms with van der Waals surface area (Å²) in [5, 5.41) is 8.90. The van der Waals surface area contributed by atoms with Gasteiger partial charge >= 0.3 is 0 Å². The van der Waals surface area contributed by atoms with Crippen molar-refractivity contribution in [3.05, 3.63) is 0 Å². The first-order chi connectivity index (χ1) is 9.13. The minimum Gasteiger partial charge on any atom is -0.356 e. The number of rotatable bonds is 7. The molecule has 110 valence electrons. The van der Waals surface area contributed by atoms with E-state index in [-0.39, 0.29) is 17.9 Å². The van der Waals surface area contributed by atoms with Gasteiger partial charge in [0, 0.05) is 25.6 Å². The lowest BCUT2D eigenvalue weighted by molar-refractivity contribution is -0.124. The topological polar surface area (TPSA) is 70.2 Å². The first kappa shape index (κ1) is 16.0. The molecule has 3 N–H and O–H groups in total. The quantitative estimate of drug-likeness (QED) is 0.644. The van der Waals surface area contributed by atoms with Crippen molar-refractivity contribution in [2.45, 2.75) is 64.5 Å². The highest BCUT2D eigenvalue weighted by Gasteiger charge is 2.19. The van der Waals surface area contributed by atoms with Crippen LogP contribution in [-0.2, 0) is 9.59 Å². The van der Waals surface area contributed by atoms with E-state index in [1.807, 2.05) is 13.8 Å². The van der Waals surface area contributed by atoms with Crippen LogP contribution in [0.1, 0.15) is 52.4 Å². The van der Waals surface area contributed by atoms with Gasteiger partial charge in [-0.15, -0.1) is 0 Å². The Morgan fingerprint density at radius 1 is 1.21 bits per heavy atom. The predicted molar refractivity (Wildman–Crippen MR) is 75.8 cm³/mol. The summed E-state index contributed by atoms with van der Waals surface area (Å²) in [7, 11) is 0. The molecule has 0 saturated heterocycles. The standard InChI is InChI=1S/C14H27N3O2/c1-3-15-13(18)9-10-16-11(2)14(19)17-12-7-5-4-6-8-12/h11-12,16H,3-10H2,1-2H3,(H,15,18)(H,17,19). The SMILES string of the molecule is CCNC(=O)CCNC(C)C(=O)NC1CCCCC1. The molecular weight excluding hydrogens is 242 g/mol. The molecule has 1 atom stereocenters. The Hall–Kier alpha value is -1.10. The van der Waals surface area contributed by atoms with Crippen LogP contribution >= 0.6 is 0 Å². The van der Waals surface area contributed by atoms with Gasteiger partial charge < -0.3 is 16.0 Å². The van der Waals surface area contributed by atoms with Gasteiger partial charge in [0.15, 0.2) is 0 Å². The number of amides is 2. The van der Waals surface area contributed by atoms with Crippen molar-refractivity contribution in [2.75, 3.05) is 13.1 Å². The molecule has 0 aromatic rings. The molecule has 1 aliphatic rings. The largest absolute Gasteiger partial charge is 0.356 e. The van der Waals surface area contributed by atoms with Crippen LogP contribution in [-0.4, -0.2) is 37.0 Å². The Labute approximate surface area is 115 Å². The molecule has 0 radical (unpaired) electrons. The summed E-state index contributed by atoms with van der Waals surface area (Å²) < 4.78 is 0. The number of carbonyl (C=O) groups is 2. The fourth-order valence-corrected chi connectivity index (χ4v) is 2.35. The first-order valence-electron chi connectivity index (χ1n) is 7.44. The zero-order chi connectivity index (χ0) is 14.1. The number of nitrogens with one attached hydrogen (secondary N) is 3. The second kappa shape index (κ2) is 8.91. The van der Waals surface area contributed by atoms with E-state index in [9.17, 15) is 9.59 Å². The fraction of sp³-hybridized carbons (Fsp3) is 0.857. The average molecular weight is 269 g/mol. The van der Waals surface area contributed by atoms with Crippen molar-refractivity contribution in [1.82, 2.24) is 16.0 Å². The Morgan fingerprint density at radius 3 is 2.53 bits per heavy atom. The van der Waals surface area contributed by atoms with Crippen molar-refractivity contribution < 1.29 is 9.59 Å². The van der Waals surface area contributed by atoms with Crippen molar-refractivity contribution in [3.8, 4) is 0 Å². The summed E-state index contributed by atoms with van der Waals surface area (Å²) in [4.78, 5) is 23.2. The first-order valence-corrected chi connectivity index (χ1v) is 7.44. The van der Waals surface area contributed by atoms with Crippen LogP contribution < -0.4 is 16.0 Å². The van der Waals surface area contributed by atoms with Crippen molar-refractivity contribution in [2.24, 2.45) is 0 Å². The van der Waals surface area contributed by atoms with Crippen LogP contribution in [0.4, 0.5) is 0 Å². The Balaban J connectivity index is 2.15. The Bertz CT molecular complexity index is 288. The van der Waals surface area contributed by atoms with Crippen molar-refractivity contribution in [1.29, 1.82) is 0 Å². The molecule has 0 heterocycles. The molecule has 1 aliphatic carbocycles. The molecule has 0 spiro atoms. The summed E-state index contributed by atoms with van der Waals surface area (Å²) in [6, 6.07) is 0.102. The Morgan fingerprint density at radius 2 is 1.89 bits per heavy atom. The highest BCUT2D eigenvalue weighted by molar-refractivity contribution is 5.81. The minimum atomic E-state index is -0.239. The minimum absolute atomic E-state index is 0.0230. The molecule has 5 heteroatoms. The van der Waals surface area contributed by atoms with E-state index in [0.717, 1.165) is 12.8 Å². The molecule has 0 aromatic carbocycles. The maximum atomic E-state index is 11.9. The maximum Gasteiger partial charge on any atom is 0.237 e. The van der Waals surface area contributed by atoms with E-state index in [2.05, 4.69) is 16.0 Å². The molecule has 0 aliphatic heterocycles. The smallest absolute Gasteiger partial charge is 0.237 e. The van der Waals surface area contributed by atoms with Crippen LogP contribution in [0.25, 0.3) is 0 Å². The third-order valence-electron chi connectivity index (χ3n) is 3.52. The van der Waals surface area contributed by atoms with Gasteiger partial charge in [0.25, 0.3) is 0 Å². The zero-order valence-corrected chi connectivity index (χ0v) is 12.1. The average Bonchev–Trinajstić information content (AvgIpc) is 2.40. The van der Waals surface area contributed by atoms with Gasteiger partial charge in [-0.25, -0.2) is 0 Å². The number of hydrogen-bond acceptors (Lipinski definition) is 3. The third-order valence-corrected chi connectivity index (χ3v) is 3.52. The van der Waals surface area contributed by atoms with Gasteiger partial charge in [-0.3, -0.25) is 9.59 Å². The molecule has 1 fully saturated rings. The lowest BCUT2D eigenvalue weighted by Crippen LogP contribution is -2.47. The molecule has 2 amide bonds. The maximum absolute atomic E-state index is 11.9. The van der Waals surface area contributed by atoms with Gasteiger partial charge in [0.2, 0.25) is 11.8 Å². The van der Waals surface area contributed by atoms with E-state index in [1.165, 1.54) is 19.3 Å². The molecule has 5 nitrogen and oxygen atoms in total. The molecule has 1 unspecified atom stereocenters. The van der Waals surface area contributed by atoms with E-state index in [1.54, 1.807) is 0 Å². The Kier molecular flexibility index (Phi) is 7.48. The monoisotopic (exact) mass is 269 g/mol. The fourth-order valence-electron chi connectivity index (χ4n) is 2.35. The second-order valence-corrected chi connectivity index (χ2v) is 5.22. The summed E-state index contributed by atoms with van der Waals surface area (Å²) >= 11 is 0. The number of carbonyl (C=O) groups excluding carboxylic acids is 2. The zero-order valence-electron chi connectivity index (χ0n) is 12.1. The van der Waals surface area contributed by atoms with Crippen LogP contribution in [0.2, 0.25) is 0 Å². The molecule has 0 aromatic heterocycles. The highest BCUT2D eigenvalue weighted by atomic mass is 16.2. The van der Waals surface area contributed by atoms with Gasteiger partial charge in [0.05, 0.1) is 6.04 Å². The highest BCUT2D eigenvalue weighted by Crippen LogP contribution is 2.17. The summed E-state index contributed by atoms with van der Waals surface area (Å²) in [5.74, 6) is 0.0673. The van der Waals surface area contributed by atoms with Crippen LogP contribution in [0.5, 0.6) is 0 Å². The lowest BCUT2D eigenvalue weighted by atomic mass is 9.95. The van der Waals surface area contributed by atoms with Gasteiger partial charge in [-0.05, 0) is 26.7 Å². The van der Waals surface area contributed by atoms with Crippen LogP contribution in [0.3, 0.4) is 0 Å². The lowest BCUT2D eigenvalue weighted by Gasteiger charge is -2.24. The normalized spacial score (nSPS) is 17.8.